The fourth-order valence-corrected chi connectivity index (χ4v) is 5.89. The van der Waals surface area contributed by atoms with E-state index in [9.17, 15) is 9.59 Å². The van der Waals surface area contributed by atoms with Crippen molar-refractivity contribution in [3.8, 4) is 0 Å². The highest BCUT2D eigenvalue weighted by molar-refractivity contribution is 6.30. The van der Waals surface area contributed by atoms with Crippen LogP contribution in [0.2, 0.25) is 5.02 Å². The predicted octanol–water partition coefficient (Wildman–Crippen LogP) is 6.58. The summed E-state index contributed by atoms with van der Waals surface area (Å²) in [7, 11) is 0. The molecule has 176 valence electrons. The van der Waals surface area contributed by atoms with Gasteiger partial charge in [-0.3, -0.25) is 4.79 Å². The third kappa shape index (κ3) is 4.56. The van der Waals surface area contributed by atoms with Gasteiger partial charge in [0.2, 0.25) is 0 Å². The van der Waals surface area contributed by atoms with Gasteiger partial charge in [0.1, 0.15) is 6.10 Å². The largest absolute Gasteiger partial charge is 0.459 e. The number of hydrogen-bond donors (Lipinski definition) is 1. The third-order valence-electron chi connectivity index (χ3n) is 7.33. The molecule has 0 spiro atoms. The molecule has 0 bridgehead atoms. The topological polar surface area (TPSA) is 55.4 Å². The Morgan fingerprint density at radius 3 is 2.44 bits per heavy atom. The molecule has 5 rings (SSSR count). The van der Waals surface area contributed by atoms with E-state index < -0.39 is 5.92 Å². The zero-order chi connectivity index (χ0) is 23.7. The minimum atomic E-state index is -0.477. The van der Waals surface area contributed by atoms with Gasteiger partial charge in [0, 0.05) is 34.3 Å². The lowest BCUT2D eigenvalue weighted by Crippen LogP contribution is -2.37. The van der Waals surface area contributed by atoms with Gasteiger partial charge in [-0.1, -0.05) is 60.5 Å². The monoisotopic (exact) mass is 475 g/mol. The summed E-state index contributed by atoms with van der Waals surface area (Å²) >= 11 is 6.35. The maximum atomic E-state index is 13.6. The molecule has 34 heavy (non-hydrogen) atoms. The molecule has 5 heteroatoms. The van der Waals surface area contributed by atoms with E-state index in [2.05, 4.69) is 17.4 Å². The number of ketones is 1. The molecule has 3 aliphatic rings. The van der Waals surface area contributed by atoms with Crippen molar-refractivity contribution in [1.29, 1.82) is 0 Å². The highest BCUT2D eigenvalue weighted by Gasteiger charge is 2.42. The van der Waals surface area contributed by atoms with Crippen LogP contribution in [0.4, 0.5) is 0 Å². The van der Waals surface area contributed by atoms with Crippen molar-refractivity contribution in [3.63, 3.8) is 0 Å². The molecule has 0 amide bonds. The summed E-state index contributed by atoms with van der Waals surface area (Å²) in [5, 5.41) is 4.02. The van der Waals surface area contributed by atoms with Gasteiger partial charge < -0.3 is 10.1 Å². The normalized spacial score (nSPS) is 23.4. The summed E-state index contributed by atoms with van der Waals surface area (Å²) < 4.78 is 5.98. The van der Waals surface area contributed by atoms with E-state index in [0.717, 1.165) is 54.6 Å². The molecular formula is C29H30ClNO3. The van der Waals surface area contributed by atoms with Crippen LogP contribution in [0.3, 0.4) is 0 Å². The molecule has 2 aliphatic carbocycles. The number of Topliss-reactive ketones (excluding diaryl/α,β-unsaturated/α-hetero) is 1. The molecule has 0 unspecified atom stereocenters. The molecule has 0 aromatic heterocycles. The van der Waals surface area contributed by atoms with Crippen LogP contribution in [0.5, 0.6) is 0 Å². The molecule has 2 aromatic carbocycles. The number of halogens is 1. The quantitative estimate of drug-likeness (QED) is 0.507. The summed E-state index contributed by atoms with van der Waals surface area (Å²) in [5.74, 6) is -0.617. The van der Waals surface area contributed by atoms with Crippen molar-refractivity contribution >= 4 is 23.4 Å². The van der Waals surface area contributed by atoms with Gasteiger partial charge in [-0.05, 0) is 68.2 Å². The Bertz CT molecular complexity index is 1160. The second-order valence-corrected chi connectivity index (χ2v) is 10.1. The Morgan fingerprint density at radius 2 is 1.71 bits per heavy atom. The summed E-state index contributed by atoms with van der Waals surface area (Å²) in [4.78, 5) is 27.2. The lowest BCUT2D eigenvalue weighted by Gasteiger charge is -2.37. The highest BCUT2D eigenvalue weighted by atomic mass is 35.5. The first kappa shape index (κ1) is 22.9. The zero-order valence-corrected chi connectivity index (χ0v) is 20.2. The summed E-state index contributed by atoms with van der Waals surface area (Å²) in [6.45, 7) is 1.91. The molecule has 2 atom stereocenters. The first-order chi connectivity index (χ1) is 16.5. The lowest BCUT2D eigenvalue weighted by atomic mass is 9.71. The molecule has 1 fully saturated rings. The van der Waals surface area contributed by atoms with Crippen molar-refractivity contribution in [2.45, 2.75) is 69.8 Å². The fraction of sp³-hybridized carbons (Fsp3) is 0.379. The van der Waals surface area contributed by atoms with Crippen molar-refractivity contribution in [2.24, 2.45) is 0 Å². The van der Waals surface area contributed by atoms with Crippen LogP contribution in [0.1, 0.15) is 74.8 Å². The van der Waals surface area contributed by atoms with Gasteiger partial charge >= 0.3 is 5.97 Å². The minimum absolute atomic E-state index is 0.0542. The predicted molar refractivity (Wildman–Crippen MR) is 133 cm³/mol. The second-order valence-electron chi connectivity index (χ2n) is 9.65. The van der Waals surface area contributed by atoms with Crippen molar-refractivity contribution in [1.82, 2.24) is 5.32 Å². The molecule has 0 saturated heterocycles. The van der Waals surface area contributed by atoms with Crippen LogP contribution >= 0.6 is 11.6 Å². The highest BCUT2D eigenvalue weighted by Crippen LogP contribution is 2.46. The number of esters is 1. The van der Waals surface area contributed by atoms with Crippen LogP contribution < -0.4 is 5.32 Å². The van der Waals surface area contributed by atoms with Crippen molar-refractivity contribution in [2.75, 3.05) is 0 Å². The molecule has 1 heterocycles. The fourth-order valence-electron chi connectivity index (χ4n) is 5.69. The van der Waals surface area contributed by atoms with Gasteiger partial charge in [-0.15, -0.1) is 0 Å². The molecule has 1 N–H and O–H groups in total. The maximum absolute atomic E-state index is 13.6. The van der Waals surface area contributed by atoms with Gasteiger partial charge in [0.25, 0.3) is 0 Å². The summed E-state index contributed by atoms with van der Waals surface area (Å²) in [6, 6.07) is 17.7. The zero-order valence-electron chi connectivity index (χ0n) is 19.5. The van der Waals surface area contributed by atoms with Crippen LogP contribution in [-0.2, 0) is 14.3 Å². The van der Waals surface area contributed by atoms with E-state index in [1.165, 1.54) is 6.42 Å². The lowest BCUT2D eigenvalue weighted by molar-refractivity contribution is -0.146. The van der Waals surface area contributed by atoms with E-state index in [1.807, 2.05) is 49.4 Å². The van der Waals surface area contributed by atoms with E-state index in [4.69, 9.17) is 16.3 Å². The number of carbonyl (C=O) groups excluding carboxylic acids is 2. The van der Waals surface area contributed by atoms with Gasteiger partial charge in [-0.2, -0.15) is 0 Å². The van der Waals surface area contributed by atoms with Gasteiger partial charge in [0.15, 0.2) is 5.78 Å². The van der Waals surface area contributed by atoms with E-state index in [1.54, 1.807) is 0 Å². The third-order valence-corrected chi connectivity index (χ3v) is 7.56. The summed E-state index contributed by atoms with van der Waals surface area (Å²) in [6.07, 6.45) is 6.26. The number of carbonyl (C=O) groups is 2. The molecule has 1 saturated carbocycles. The number of rotatable bonds is 4. The number of ether oxygens (including phenoxy) is 1. The smallest absolute Gasteiger partial charge is 0.337 e. The average molecular weight is 476 g/mol. The Hall–Kier alpha value is -2.85. The number of nitrogens with one attached hydrogen (secondary N) is 1. The molecule has 4 nitrogen and oxygen atoms in total. The van der Waals surface area contributed by atoms with E-state index in [-0.39, 0.29) is 23.8 Å². The first-order valence-corrected chi connectivity index (χ1v) is 12.6. The molecule has 2 aromatic rings. The number of benzene rings is 2. The Morgan fingerprint density at radius 1 is 0.971 bits per heavy atom. The van der Waals surface area contributed by atoms with Gasteiger partial charge in [0.05, 0.1) is 5.57 Å². The Balaban J connectivity index is 1.53. The Kier molecular flexibility index (Phi) is 6.60. The average Bonchev–Trinajstić information content (AvgIpc) is 2.84. The minimum Gasteiger partial charge on any atom is -0.459 e. The molecular weight excluding hydrogens is 446 g/mol. The SMILES string of the molecule is CC1=C(C(=O)OC2CCCCC2)[C@H](c2cccc(Cl)c2)C2=C(C[C@@H](c3ccccc3)CC2=O)N1. The number of hydrogen-bond acceptors (Lipinski definition) is 4. The van der Waals surface area contributed by atoms with E-state index in [0.29, 0.717) is 22.6 Å². The summed E-state index contributed by atoms with van der Waals surface area (Å²) in [5.41, 5.74) is 4.87. The van der Waals surface area contributed by atoms with Gasteiger partial charge in [-0.25, -0.2) is 4.79 Å². The van der Waals surface area contributed by atoms with Crippen molar-refractivity contribution in [3.05, 3.63) is 93.3 Å². The van der Waals surface area contributed by atoms with Crippen molar-refractivity contribution < 1.29 is 14.3 Å². The van der Waals surface area contributed by atoms with E-state index >= 15 is 0 Å². The number of dihydropyridines is 1. The number of allylic oxidation sites excluding steroid dienone is 3. The second kappa shape index (κ2) is 9.79. The van der Waals surface area contributed by atoms with Crippen LogP contribution in [0.25, 0.3) is 0 Å². The maximum Gasteiger partial charge on any atom is 0.337 e. The van der Waals surface area contributed by atoms with Crippen LogP contribution in [0, 0.1) is 0 Å². The first-order valence-electron chi connectivity index (χ1n) is 12.3. The molecule has 1 aliphatic heterocycles. The van der Waals surface area contributed by atoms with Crippen LogP contribution in [0.15, 0.2) is 77.1 Å². The standard InChI is InChI=1S/C29H30ClNO3/c1-18-26(29(33)34-23-13-6-3-7-14-23)27(20-11-8-12-22(30)15-20)28-24(31-18)16-21(17-25(28)32)19-9-4-2-5-10-19/h2,4-5,8-12,15,21,23,27,31H,3,6-7,13-14,16-17H2,1H3/t21-,27+/m1/s1. The Labute approximate surface area is 206 Å². The molecule has 0 radical (unpaired) electrons. The van der Waals surface area contributed by atoms with Crippen LogP contribution in [-0.4, -0.2) is 17.9 Å².